The van der Waals surface area contributed by atoms with E-state index in [9.17, 15) is 35.9 Å². The maximum absolute atomic E-state index is 12.8. The zero-order chi connectivity index (χ0) is 23.4. The van der Waals surface area contributed by atoms with E-state index in [1.807, 2.05) is 0 Å². The Morgan fingerprint density at radius 1 is 0.677 bits per heavy atom. The van der Waals surface area contributed by atoms with E-state index in [0.29, 0.717) is 11.1 Å². The third-order valence-electron chi connectivity index (χ3n) is 4.17. The average molecular weight is 555 g/mol. The molecule has 2 aromatic rings. The fourth-order valence-electron chi connectivity index (χ4n) is 3.00. The molecule has 0 saturated heterocycles. The van der Waals surface area contributed by atoms with Crippen LogP contribution in [0.5, 0.6) is 0 Å². The van der Waals surface area contributed by atoms with E-state index >= 15 is 0 Å². The summed E-state index contributed by atoms with van der Waals surface area (Å²) >= 11 is -4.73. The van der Waals surface area contributed by atoms with Crippen molar-refractivity contribution in [2.24, 2.45) is 0 Å². The van der Waals surface area contributed by atoms with E-state index in [0.717, 1.165) is 38.1 Å². The van der Waals surface area contributed by atoms with E-state index in [-0.39, 0.29) is 8.87 Å². The molecular weight excluding hydrogens is 537 g/mol. The van der Waals surface area contributed by atoms with Gasteiger partial charge in [-0.3, -0.25) is 0 Å². The molecule has 0 N–H and O–H groups in total. The predicted molar refractivity (Wildman–Crippen MR) is 99.6 cm³/mol. The Morgan fingerprint density at radius 3 is 1.19 bits per heavy atom. The van der Waals surface area contributed by atoms with Crippen molar-refractivity contribution < 1.29 is 42.1 Å². The fraction of sp³-hybridized carbons (Fsp3) is 0.300. The Morgan fingerprint density at radius 2 is 0.968 bits per heavy atom. The van der Waals surface area contributed by atoms with Crippen LogP contribution in [-0.4, -0.2) is 31.1 Å². The van der Waals surface area contributed by atoms with Crippen LogP contribution in [0.25, 0.3) is 0 Å². The van der Waals surface area contributed by atoms with E-state index in [1.54, 1.807) is 0 Å². The quantitative estimate of drug-likeness (QED) is 0.366. The molecule has 0 saturated carbocycles. The first-order chi connectivity index (χ1) is 14.2. The number of hydrogen-bond acceptors (Lipinski definition) is 4. The van der Waals surface area contributed by atoms with Gasteiger partial charge in [-0.1, -0.05) is 0 Å². The molecule has 0 aliphatic rings. The number of alkyl halides is 6. The van der Waals surface area contributed by atoms with E-state index < -0.39 is 54.6 Å². The van der Waals surface area contributed by atoms with Gasteiger partial charge in [0, 0.05) is 0 Å². The summed E-state index contributed by atoms with van der Waals surface area (Å²) < 4.78 is 87.5. The van der Waals surface area contributed by atoms with Crippen LogP contribution in [0.4, 0.5) is 26.3 Å². The van der Waals surface area contributed by atoms with Crippen LogP contribution in [0, 0.1) is 0 Å². The van der Waals surface area contributed by atoms with Crippen LogP contribution in [-0.2, 0) is 37.0 Å². The van der Waals surface area contributed by atoms with Crippen molar-refractivity contribution in [3.63, 3.8) is 0 Å². The Labute approximate surface area is 179 Å². The van der Waals surface area contributed by atoms with Gasteiger partial charge in [0.15, 0.2) is 0 Å². The third-order valence-corrected chi connectivity index (χ3v) is 13.3. The SMILES string of the molecule is CC(=O)[O][Sn]([CH2]c1ccc(C(F)(F)F)cc1)([CH2]c1ccc(C(F)(F)F)cc1)[O]C(C)=O. The van der Waals surface area contributed by atoms with Gasteiger partial charge in [-0.15, -0.1) is 0 Å². The van der Waals surface area contributed by atoms with Crippen molar-refractivity contribution in [2.45, 2.75) is 35.1 Å². The zero-order valence-electron chi connectivity index (χ0n) is 16.4. The van der Waals surface area contributed by atoms with Crippen molar-refractivity contribution >= 4 is 31.1 Å². The summed E-state index contributed by atoms with van der Waals surface area (Å²) in [5.74, 6) is -1.51. The first-order valence-corrected chi connectivity index (χ1v) is 15.3. The van der Waals surface area contributed by atoms with Crippen LogP contribution in [0.2, 0.25) is 0 Å². The van der Waals surface area contributed by atoms with Gasteiger partial charge in [0.25, 0.3) is 0 Å². The van der Waals surface area contributed by atoms with Gasteiger partial charge in [0.05, 0.1) is 0 Å². The predicted octanol–water partition coefficient (Wildman–Crippen LogP) is 5.16. The summed E-state index contributed by atoms with van der Waals surface area (Å²) in [5, 5.41) is 0. The van der Waals surface area contributed by atoms with Crippen LogP contribution < -0.4 is 0 Å². The van der Waals surface area contributed by atoms with Crippen molar-refractivity contribution in [2.75, 3.05) is 0 Å². The molecular formula is C20H18F6O4Sn. The summed E-state index contributed by atoms with van der Waals surface area (Å²) in [6.07, 6.45) is -9.07. The van der Waals surface area contributed by atoms with Gasteiger partial charge in [-0.05, 0) is 0 Å². The van der Waals surface area contributed by atoms with Gasteiger partial charge >= 0.3 is 179 Å². The second-order valence-corrected chi connectivity index (χ2v) is 15.2. The first-order valence-electron chi connectivity index (χ1n) is 8.92. The van der Waals surface area contributed by atoms with Crippen molar-refractivity contribution in [1.29, 1.82) is 0 Å². The summed E-state index contributed by atoms with van der Waals surface area (Å²) in [6, 6.07) is 8.17. The van der Waals surface area contributed by atoms with Gasteiger partial charge in [0.2, 0.25) is 0 Å². The van der Waals surface area contributed by atoms with E-state index in [4.69, 9.17) is 6.15 Å². The van der Waals surface area contributed by atoms with Gasteiger partial charge in [0.1, 0.15) is 0 Å². The first kappa shape index (κ1) is 25.0. The second kappa shape index (κ2) is 9.49. The molecule has 0 fully saturated rings. The van der Waals surface area contributed by atoms with Gasteiger partial charge in [-0.25, -0.2) is 0 Å². The van der Waals surface area contributed by atoms with Crippen LogP contribution >= 0.6 is 0 Å². The Kier molecular flexibility index (Phi) is 7.66. The molecule has 11 heteroatoms. The van der Waals surface area contributed by atoms with E-state index in [2.05, 4.69) is 0 Å². The average Bonchev–Trinajstić information content (AvgIpc) is 2.59. The molecule has 2 rings (SSSR count). The number of rotatable bonds is 6. The molecule has 0 atom stereocenters. The third kappa shape index (κ3) is 7.44. The standard InChI is InChI=1S/2C8H6F3.2C2H4O2.Sn/c2*1-6-2-4-7(5-3-6)8(9,10)11;2*1-2(3)4;/h2*2-5H,1H2;2*1H3,(H,3,4);/q;;;;+2/p-2. The van der Waals surface area contributed by atoms with Crippen molar-refractivity contribution in [3.8, 4) is 0 Å². The van der Waals surface area contributed by atoms with E-state index in [1.165, 1.54) is 24.3 Å². The summed E-state index contributed by atoms with van der Waals surface area (Å²) in [6.45, 7) is 2.18. The minimum absolute atomic E-state index is 0.104. The molecule has 0 unspecified atom stereocenters. The summed E-state index contributed by atoms with van der Waals surface area (Å²) in [7, 11) is 0. The van der Waals surface area contributed by atoms with Crippen LogP contribution in [0.1, 0.15) is 36.1 Å². The second-order valence-electron chi connectivity index (χ2n) is 6.84. The van der Waals surface area contributed by atoms with Crippen molar-refractivity contribution in [3.05, 3.63) is 70.8 Å². The number of benzene rings is 2. The molecule has 168 valence electrons. The maximum atomic E-state index is 12.8. The Bertz CT molecular complexity index is 843. The topological polar surface area (TPSA) is 52.6 Å². The molecule has 0 amide bonds. The summed E-state index contributed by atoms with van der Waals surface area (Å²) in [4.78, 5) is 23.5. The molecule has 2 aromatic carbocycles. The number of carbonyl (C=O) groups excluding carboxylic acids is 2. The Hall–Kier alpha value is -2.24. The number of carbonyl (C=O) groups is 2. The fourth-order valence-corrected chi connectivity index (χ4v) is 12.2. The molecule has 0 bridgehead atoms. The number of halogens is 6. The molecule has 0 radical (unpaired) electrons. The van der Waals surface area contributed by atoms with Gasteiger partial charge < -0.3 is 0 Å². The van der Waals surface area contributed by atoms with Gasteiger partial charge in [-0.2, -0.15) is 0 Å². The molecule has 0 aromatic heterocycles. The number of hydrogen-bond donors (Lipinski definition) is 0. The van der Waals surface area contributed by atoms with Crippen LogP contribution in [0.3, 0.4) is 0 Å². The molecule has 4 nitrogen and oxygen atoms in total. The Balaban J connectivity index is 2.40. The minimum atomic E-state index is -4.73. The molecule has 0 aliphatic heterocycles. The molecule has 0 aliphatic carbocycles. The monoisotopic (exact) mass is 556 g/mol. The zero-order valence-corrected chi connectivity index (χ0v) is 19.3. The molecule has 0 heterocycles. The normalized spacial score (nSPS) is 12.4. The van der Waals surface area contributed by atoms with Crippen LogP contribution in [0.15, 0.2) is 48.5 Å². The summed E-state index contributed by atoms with van der Waals surface area (Å²) in [5.41, 5.74) is -1.06. The van der Waals surface area contributed by atoms with Crippen molar-refractivity contribution in [1.82, 2.24) is 0 Å². The molecule has 31 heavy (non-hydrogen) atoms. The molecule has 0 spiro atoms.